The lowest BCUT2D eigenvalue weighted by Gasteiger charge is -2.32. The summed E-state index contributed by atoms with van der Waals surface area (Å²) in [6.45, 7) is 5.53. The summed E-state index contributed by atoms with van der Waals surface area (Å²) in [5.74, 6) is 0.813. The zero-order chi connectivity index (χ0) is 20.2. The first-order chi connectivity index (χ1) is 14.1. The molecule has 5 heteroatoms. The first kappa shape index (κ1) is 19.1. The minimum absolute atomic E-state index is 0.0318. The summed E-state index contributed by atoms with van der Waals surface area (Å²) in [6, 6.07) is 14.0. The molecule has 1 aliphatic rings. The molecule has 5 nitrogen and oxygen atoms in total. The maximum atomic E-state index is 12.9. The molecule has 3 heterocycles. The molecule has 0 aliphatic carbocycles. The van der Waals surface area contributed by atoms with Crippen molar-refractivity contribution in [1.82, 2.24) is 14.9 Å². The number of piperidine rings is 1. The molecule has 0 atom stereocenters. The molecule has 148 valence electrons. The van der Waals surface area contributed by atoms with Gasteiger partial charge >= 0.3 is 0 Å². The third-order valence-electron chi connectivity index (χ3n) is 5.19. The Labute approximate surface area is 171 Å². The summed E-state index contributed by atoms with van der Waals surface area (Å²) in [5, 5.41) is 0. The van der Waals surface area contributed by atoms with Crippen LogP contribution in [0.1, 0.15) is 34.3 Å². The number of ether oxygens (including phenoxy) is 1. The SMILES string of the molecule is Cc1cc(C)cc(-c2ccc(C(=O)N3CCC(Oc4cccnc4)CC3)cn2)c1. The number of carbonyl (C=O) groups is 1. The zero-order valence-corrected chi connectivity index (χ0v) is 16.8. The Morgan fingerprint density at radius 2 is 1.79 bits per heavy atom. The topological polar surface area (TPSA) is 55.3 Å². The first-order valence-corrected chi connectivity index (χ1v) is 9.99. The van der Waals surface area contributed by atoms with E-state index in [9.17, 15) is 4.79 Å². The Balaban J connectivity index is 1.37. The van der Waals surface area contributed by atoms with E-state index in [1.807, 2.05) is 29.2 Å². The molecule has 3 aromatic rings. The Kier molecular flexibility index (Phi) is 5.56. The van der Waals surface area contributed by atoms with Crippen molar-refractivity contribution in [3.63, 3.8) is 0 Å². The van der Waals surface area contributed by atoms with Crippen LogP contribution >= 0.6 is 0 Å². The van der Waals surface area contributed by atoms with Gasteiger partial charge in [-0.05, 0) is 50.2 Å². The highest BCUT2D eigenvalue weighted by molar-refractivity contribution is 5.94. The third-order valence-corrected chi connectivity index (χ3v) is 5.19. The van der Waals surface area contributed by atoms with E-state index in [0.29, 0.717) is 18.7 Å². The van der Waals surface area contributed by atoms with Crippen molar-refractivity contribution in [3.8, 4) is 17.0 Å². The molecule has 0 N–H and O–H groups in total. The average Bonchev–Trinajstić information content (AvgIpc) is 2.74. The number of pyridine rings is 2. The van der Waals surface area contributed by atoms with Crippen LogP contribution in [-0.4, -0.2) is 40.0 Å². The van der Waals surface area contributed by atoms with Gasteiger partial charge in [-0.1, -0.05) is 17.2 Å². The van der Waals surface area contributed by atoms with Gasteiger partial charge in [0.05, 0.1) is 17.5 Å². The van der Waals surface area contributed by atoms with E-state index in [0.717, 1.165) is 29.8 Å². The number of carbonyl (C=O) groups excluding carboxylic acids is 1. The number of hydrogen-bond donors (Lipinski definition) is 0. The maximum Gasteiger partial charge on any atom is 0.255 e. The van der Waals surface area contributed by atoms with Crippen molar-refractivity contribution >= 4 is 5.91 Å². The van der Waals surface area contributed by atoms with Crippen molar-refractivity contribution in [2.45, 2.75) is 32.8 Å². The van der Waals surface area contributed by atoms with Crippen LogP contribution in [0.4, 0.5) is 0 Å². The van der Waals surface area contributed by atoms with Gasteiger partial charge in [0.1, 0.15) is 11.9 Å². The Hall–Kier alpha value is -3.21. The molecule has 0 unspecified atom stereocenters. The molecular weight excluding hydrogens is 362 g/mol. The van der Waals surface area contributed by atoms with Gasteiger partial charge in [-0.25, -0.2) is 0 Å². The van der Waals surface area contributed by atoms with E-state index < -0.39 is 0 Å². The normalized spacial score (nSPS) is 14.6. The van der Waals surface area contributed by atoms with Gasteiger partial charge in [-0.2, -0.15) is 0 Å². The van der Waals surface area contributed by atoms with E-state index in [2.05, 4.69) is 42.0 Å². The second-order valence-electron chi connectivity index (χ2n) is 7.61. The number of aryl methyl sites for hydroxylation is 2. The Morgan fingerprint density at radius 3 is 2.41 bits per heavy atom. The zero-order valence-electron chi connectivity index (χ0n) is 16.8. The molecule has 0 spiro atoms. The number of amides is 1. The van der Waals surface area contributed by atoms with Gasteiger partial charge in [-0.15, -0.1) is 0 Å². The average molecular weight is 387 g/mol. The molecule has 1 fully saturated rings. The van der Waals surface area contributed by atoms with Crippen LogP contribution in [0.5, 0.6) is 5.75 Å². The molecular formula is C24H25N3O2. The summed E-state index contributed by atoms with van der Waals surface area (Å²) in [6.07, 6.45) is 6.89. The van der Waals surface area contributed by atoms with Crippen LogP contribution in [0.2, 0.25) is 0 Å². The Bertz CT molecular complexity index is 959. The minimum atomic E-state index is 0.0318. The molecule has 1 amide bonds. The standard InChI is InChI=1S/C24H25N3O2/c1-17-12-18(2)14-20(13-17)23-6-5-19(15-26-23)24(28)27-10-7-21(8-11-27)29-22-4-3-9-25-16-22/h3-6,9,12-16,21H,7-8,10-11H2,1-2H3. The van der Waals surface area contributed by atoms with E-state index in [4.69, 9.17) is 4.74 Å². The van der Waals surface area contributed by atoms with Crippen molar-refractivity contribution in [2.75, 3.05) is 13.1 Å². The number of benzene rings is 1. The predicted molar refractivity (Wildman–Crippen MR) is 113 cm³/mol. The quantitative estimate of drug-likeness (QED) is 0.664. The van der Waals surface area contributed by atoms with Crippen molar-refractivity contribution < 1.29 is 9.53 Å². The van der Waals surface area contributed by atoms with E-state index >= 15 is 0 Å². The van der Waals surface area contributed by atoms with Gasteiger partial charge in [-0.3, -0.25) is 14.8 Å². The second-order valence-corrected chi connectivity index (χ2v) is 7.61. The number of rotatable bonds is 4. The minimum Gasteiger partial charge on any atom is -0.489 e. The van der Waals surface area contributed by atoms with Crippen LogP contribution < -0.4 is 4.74 Å². The highest BCUT2D eigenvalue weighted by Crippen LogP contribution is 2.22. The molecule has 1 aliphatic heterocycles. The van der Waals surface area contributed by atoms with E-state index in [1.54, 1.807) is 18.6 Å². The summed E-state index contributed by atoms with van der Waals surface area (Å²) in [4.78, 5) is 23.4. The van der Waals surface area contributed by atoms with Gasteiger partial charge in [0.25, 0.3) is 5.91 Å². The first-order valence-electron chi connectivity index (χ1n) is 9.99. The lowest BCUT2D eigenvalue weighted by atomic mass is 10.0. The number of nitrogens with zero attached hydrogens (tertiary/aromatic N) is 3. The van der Waals surface area contributed by atoms with E-state index in [1.165, 1.54) is 11.1 Å². The van der Waals surface area contributed by atoms with Crippen molar-refractivity contribution in [2.24, 2.45) is 0 Å². The van der Waals surface area contributed by atoms with Crippen LogP contribution in [0, 0.1) is 13.8 Å². The molecule has 29 heavy (non-hydrogen) atoms. The molecule has 0 bridgehead atoms. The Morgan fingerprint density at radius 1 is 1.03 bits per heavy atom. The fraction of sp³-hybridized carbons (Fsp3) is 0.292. The highest BCUT2D eigenvalue weighted by atomic mass is 16.5. The molecule has 4 rings (SSSR count). The highest BCUT2D eigenvalue weighted by Gasteiger charge is 2.25. The summed E-state index contributed by atoms with van der Waals surface area (Å²) in [5.41, 5.74) is 5.01. The fourth-order valence-corrected chi connectivity index (χ4v) is 3.78. The van der Waals surface area contributed by atoms with Gasteiger partial charge < -0.3 is 9.64 Å². The number of likely N-dealkylation sites (tertiary alicyclic amines) is 1. The molecule has 0 radical (unpaired) electrons. The number of aromatic nitrogens is 2. The van der Waals surface area contributed by atoms with Crippen LogP contribution in [0.15, 0.2) is 61.1 Å². The van der Waals surface area contributed by atoms with Crippen LogP contribution in [0.25, 0.3) is 11.3 Å². The molecule has 1 saturated heterocycles. The lowest BCUT2D eigenvalue weighted by Crippen LogP contribution is -2.41. The van der Waals surface area contributed by atoms with Gasteiger partial charge in [0.15, 0.2) is 0 Å². The molecule has 2 aromatic heterocycles. The van der Waals surface area contributed by atoms with Crippen molar-refractivity contribution in [3.05, 3.63) is 77.7 Å². The van der Waals surface area contributed by atoms with Crippen molar-refractivity contribution in [1.29, 1.82) is 0 Å². The van der Waals surface area contributed by atoms with Gasteiger partial charge in [0, 0.05) is 43.9 Å². The maximum absolute atomic E-state index is 12.9. The second kappa shape index (κ2) is 8.43. The number of hydrogen-bond acceptors (Lipinski definition) is 4. The lowest BCUT2D eigenvalue weighted by molar-refractivity contribution is 0.0594. The molecule has 1 aromatic carbocycles. The van der Waals surface area contributed by atoms with Crippen LogP contribution in [0.3, 0.4) is 0 Å². The summed E-state index contributed by atoms with van der Waals surface area (Å²) < 4.78 is 5.96. The summed E-state index contributed by atoms with van der Waals surface area (Å²) in [7, 11) is 0. The van der Waals surface area contributed by atoms with E-state index in [-0.39, 0.29) is 12.0 Å². The summed E-state index contributed by atoms with van der Waals surface area (Å²) >= 11 is 0. The smallest absolute Gasteiger partial charge is 0.255 e. The largest absolute Gasteiger partial charge is 0.489 e. The van der Waals surface area contributed by atoms with Crippen LogP contribution in [-0.2, 0) is 0 Å². The predicted octanol–water partition coefficient (Wildman–Crippen LogP) is 4.44. The monoisotopic (exact) mass is 387 g/mol. The molecule has 0 saturated carbocycles. The fourth-order valence-electron chi connectivity index (χ4n) is 3.78. The van der Waals surface area contributed by atoms with Gasteiger partial charge in [0.2, 0.25) is 0 Å². The third kappa shape index (κ3) is 4.62.